The van der Waals surface area contributed by atoms with Crippen molar-refractivity contribution in [3.63, 3.8) is 0 Å². The van der Waals surface area contributed by atoms with Crippen LogP contribution in [0.1, 0.15) is 46.1 Å². The highest BCUT2D eigenvalue weighted by Crippen LogP contribution is 2.33. The summed E-state index contributed by atoms with van der Waals surface area (Å²) >= 11 is 0. The molecule has 0 bridgehead atoms. The molecular formula is C37H36N4O7. The molecule has 1 fully saturated rings. The number of hydrogen-bond donors (Lipinski definition) is 6. The number of carbonyl (C=O) groups is 2. The fourth-order valence-corrected chi connectivity index (χ4v) is 6.29. The van der Waals surface area contributed by atoms with E-state index in [0.29, 0.717) is 65.4 Å². The van der Waals surface area contributed by atoms with Gasteiger partial charge in [-0.2, -0.15) is 0 Å². The maximum Gasteiger partial charge on any atom is 0.345 e. The molecule has 1 aliphatic rings. The Bertz CT molecular complexity index is 1990. The number of hydrogen-bond acceptors (Lipinski definition) is 8. The van der Waals surface area contributed by atoms with E-state index in [1.165, 1.54) is 12.1 Å². The number of likely N-dealkylation sites (tertiary alicyclic amines) is 1. The van der Waals surface area contributed by atoms with Gasteiger partial charge in [-0.05, 0) is 66.3 Å². The fraction of sp³-hybridized carbons (Fsp3) is 0.243. The minimum atomic E-state index is -2.23. The number of aliphatic hydroxyl groups excluding tert-OH is 1. The summed E-state index contributed by atoms with van der Waals surface area (Å²) in [6, 6.07) is 24.4. The van der Waals surface area contributed by atoms with Crippen molar-refractivity contribution >= 4 is 22.8 Å². The van der Waals surface area contributed by atoms with Crippen molar-refractivity contribution in [1.82, 2.24) is 20.2 Å². The number of H-pyrrole nitrogens is 1. The Balaban J connectivity index is 1.03. The first kappa shape index (κ1) is 32.6. The van der Waals surface area contributed by atoms with Crippen LogP contribution in [0.4, 0.5) is 0 Å². The van der Waals surface area contributed by atoms with Gasteiger partial charge in [0.25, 0.3) is 5.91 Å². The van der Waals surface area contributed by atoms with Gasteiger partial charge in [0.15, 0.2) is 0 Å². The number of piperidine rings is 1. The lowest BCUT2D eigenvalue weighted by molar-refractivity contribution is -0.155. The molecule has 48 heavy (non-hydrogen) atoms. The van der Waals surface area contributed by atoms with Gasteiger partial charge in [0.1, 0.15) is 11.4 Å². The first-order chi connectivity index (χ1) is 23.1. The third kappa shape index (κ3) is 6.56. The number of phenols is 1. The number of carboxylic acids is 1. The van der Waals surface area contributed by atoms with E-state index in [0.717, 1.165) is 12.8 Å². The Hall–Kier alpha value is -5.36. The van der Waals surface area contributed by atoms with Crippen LogP contribution in [0.25, 0.3) is 22.0 Å². The lowest BCUT2D eigenvalue weighted by Crippen LogP contribution is -2.41. The molecule has 6 N–H and O–H groups in total. The maximum absolute atomic E-state index is 13.3. The largest absolute Gasteiger partial charge is 0.506 e. The van der Waals surface area contributed by atoms with Crippen LogP contribution in [0.15, 0.2) is 102 Å². The maximum atomic E-state index is 13.3. The minimum absolute atomic E-state index is 0.0559. The summed E-state index contributed by atoms with van der Waals surface area (Å²) in [7, 11) is 0. The average Bonchev–Trinajstić information content (AvgIpc) is 3.12. The number of nitrogens with one attached hydrogen (secondary N) is 2. The number of aliphatic hydroxyl groups is 2. The monoisotopic (exact) mass is 648 g/mol. The van der Waals surface area contributed by atoms with Gasteiger partial charge in [-0.3, -0.25) is 14.6 Å². The first-order valence-corrected chi connectivity index (χ1v) is 15.8. The molecule has 11 heteroatoms. The average molecular weight is 649 g/mol. The van der Waals surface area contributed by atoms with Gasteiger partial charge in [-0.15, -0.1) is 0 Å². The predicted octanol–water partition coefficient (Wildman–Crippen LogP) is 3.79. The summed E-state index contributed by atoms with van der Waals surface area (Å²) in [6.07, 6.45) is 2.31. The number of carboxylic acid groups (broad SMARTS) is 1. The predicted molar refractivity (Wildman–Crippen MR) is 179 cm³/mol. The van der Waals surface area contributed by atoms with E-state index in [4.69, 9.17) is 0 Å². The topological polar surface area (TPSA) is 176 Å². The number of benzene rings is 3. The first-order valence-electron chi connectivity index (χ1n) is 15.8. The molecule has 3 heterocycles. The highest BCUT2D eigenvalue weighted by molar-refractivity contribution is 5.93. The highest BCUT2D eigenvalue weighted by Gasteiger charge is 2.40. The van der Waals surface area contributed by atoms with E-state index in [1.54, 1.807) is 90.0 Å². The number of pyridine rings is 2. The lowest BCUT2D eigenvalue weighted by atomic mass is 9.85. The quantitative estimate of drug-likeness (QED) is 0.132. The van der Waals surface area contributed by atoms with E-state index in [1.807, 2.05) is 0 Å². The SMILES string of the molecule is O=C(c1ccc(-c2cccc(C(O)(C(=O)O)c3ccccc3)c2)cn1)N1CCC(CNCC(O)c2ccc(O)c3[nH]c(=O)ccc23)CC1. The molecule has 11 nitrogen and oxygen atoms in total. The van der Waals surface area contributed by atoms with Crippen LogP contribution in [-0.2, 0) is 10.4 Å². The van der Waals surface area contributed by atoms with Crippen LogP contribution in [0, 0.1) is 5.92 Å². The summed E-state index contributed by atoms with van der Waals surface area (Å²) in [5.74, 6) is -1.29. The van der Waals surface area contributed by atoms with Gasteiger partial charge in [-0.1, -0.05) is 60.7 Å². The summed E-state index contributed by atoms with van der Waals surface area (Å²) in [5, 5.41) is 46.0. The van der Waals surface area contributed by atoms with E-state index >= 15 is 0 Å². The van der Waals surface area contributed by atoms with Gasteiger partial charge in [0.05, 0.1) is 11.6 Å². The highest BCUT2D eigenvalue weighted by atomic mass is 16.4. The molecule has 0 spiro atoms. The Kier molecular flexibility index (Phi) is 9.35. The van der Waals surface area contributed by atoms with Crippen molar-refractivity contribution in [3.05, 3.63) is 130 Å². The number of carbonyl (C=O) groups excluding carboxylic acids is 1. The number of amides is 1. The molecule has 246 valence electrons. The van der Waals surface area contributed by atoms with E-state index in [2.05, 4.69) is 15.3 Å². The summed E-state index contributed by atoms with van der Waals surface area (Å²) < 4.78 is 0. The standard InChI is InChI=1S/C37H36N4O7/c42-31-13-10-28(29-11-14-33(44)40-34(29)31)32(43)22-38-20-23-15-17-41(18-16-23)35(45)30-12-9-25(21-39-30)24-5-4-8-27(19-24)37(48,36(46)47)26-6-2-1-3-7-26/h1-14,19,21,23,32,38,42-43,48H,15-18,20,22H2,(H,40,44)(H,46,47). The lowest BCUT2D eigenvalue weighted by Gasteiger charge is -2.32. The number of rotatable bonds is 10. The number of fused-ring (bicyclic) bond motifs is 1. The number of phenolic OH excluding ortho intramolecular Hbond substituents is 1. The minimum Gasteiger partial charge on any atom is -0.506 e. The molecule has 0 radical (unpaired) electrons. The molecule has 2 unspecified atom stereocenters. The smallest absolute Gasteiger partial charge is 0.345 e. The molecule has 0 aliphatic carbocycles. The van der Waals surface area contributed by atoms with Crippen molar-refractivity contribution in [2.75, 3.05) is 26.2 Å². The Morgan fingerprint density at radius 1 is 0.938 bits per heavy atom. The van der Waals surface area contributed by atoms with Crippen molar-refractivity contribution in [3.8, 4) is 16.9 Å². The summed E-state index contributed by atoms with van der Waals surface area (Å²) in [4.78, 5) is 46.0. The third-order valence-corrected chi connectivity index (χ3v) is 9.04. The fourth-order valence-electron chi connectivity index (χ4n) is 6.29. The Labute approximate surface area is 276 Å². The zero-order chi connectivity index (χ0) is 33.8. The Morgan fingerprint density at radius 2 is 1.69 bits per heavy atom. The molecule has 5 aromatic rings. The molecule has 1 saturated heterocycles. The van der Waals surface area contributed by atoms with Crippen LogP contribution in [0.2, 0.25) is 0 Å². The van der Waals surface area contributed by atoms with Crippen molar-refractivity contribution in [2.45, 2.75) is 24.5 Å². The van der Waals surface area contributed by atoms with Crippen LogP contribution < -0.4 is 10.9 Å². The summed E-state index contributed by atoms with van der Waals surface area (Å²) in [5.41, 5.74) is 0.421. The molecule has 2 atom stereocenters. The molecular weight excluding hydrogens is 612 g/mol. The number of aliphatic carboxylic acids is 1. The summed E-state index contributed by atoms with van der Waals surface area (Å²) in [6.45, 7) is 2.10. The van der Waals surface area contributed by atoms with Crippen LogP contribution >= 0.6 is 0 Å². The van der Waals surface area contributed by atoms with Gasteiger partial charge in [0, 0.05) is 48.4 Å². The van der Waals surface area contributed by atoms with Crippen molar-refractivity contribution in [1.29, 1.82) is 0 Å². The molecule has 2 aromatic heterocycles. The second kappa shape index (κ2) is 13.8. The number of aromatic hydroxyl groups is 1. The number of nitrogens with zero attached hydrogens (tertiary/aromatic N) is 2. The molecule has 0 saturated carbocycles. The molecule has 6 rings (SSSR count). The normalized spacial score (nSPS) is 15.6. The van der Waals surface area contributed by atoms with E-state index < -0.39 is 17.7 Å². The zero-order valence-corrected chi connectivity index (χ0v) is 26.0. The zero-order valence-electron chi connectivity index (χ0n) is 26.0. The molecule has 3 aromatic carbocycles. The van der Waals surface area contributed by atoms with Crippen molar-refractivity contribution in [2.24, 2.45) is 5.92 Å². The number of aromatic nitrogens is 2. The van der Waals surface area contributed by atoms with Crippen LogP contribution in [0.3, 0.4) is 0 Å². The second-order valence-electron chi connectivity index (χ2n) is 12.1. The van der Waals surface area contributed by atoms with Crippen LogP contribution in [0.5, 0.6) is 5.75 Å². The van der Waals surface area contributed by atoms with Gasteiger partial charge >= 0.3 is 5.97 Å². The molecule has 1 amide bonds. The van der Waals surface area contributed by atoms with Gasteiger partial charge in [0.2, 0.25) is 11.2 Å². The molecule has 1 aliphatic heterocycles. The number of aromatic amines is 1. The Morgan fingerprint density at radius 3 is 2.40 bits per heavy atom. The van der Waals surface area contributed by atoms with E-state index in [-0.39, 0.29) is 28.3 Å². The van der Waals surface area contributed by atoms with Gasteiger partial charge in [-0.25, -0.2) is 4.79 Å². The van der Waals surface area contributed by atoms with Crippen LogP contribution in [-0.4, -0.2) is 73.3 Å². The van der Waals surface area contributed by atoms with Crippen molar-refractivity contribution < 1.29 is 30.0 Å². The third-order valence-electron chi connectivity index (χ3n) is 9.04. The second-order valence-corrected chi connectivity index (χ2v) is 12.1. The van der Waals surface area contributed by atoms with E-state index in [9.17, 15) is 34.8 Å². The van der Waals surface area contributed by atoms with Gasteiger partial charge < -0.3 is 35.6 Å².